The smallest absolute Gasteiger partial charge is 0.243 e. The first-order valence-corrected chi connectivity index (χ1v) is 10.5. The van der Waals surface area contributed by atoms with Gasteiger partial charge in [0.1, 0.15) is 0 Å². The lowest BCUT2D eigenvalue weighted by Crippen LogP contribution is -2.37. The summed E-state index contributed by atoms with van der Waals surface area (Å²) < 4.78 is 26.9. The lowest BCUT2D eigenvalue weighted by Gasteiger charge is -2.22. The van der Waals surface area contributed by atoms with Gasteiger partial charge in [-0.25, -0.2) is 8.42 Å². The molecule has 0 atom stereocenters. The topological polar surface area (TPSA) is 83.7 Å². The first-order chi connectivity index (χ1) is 12.1. The molecule has 1 aromatic rings. The minimum Gasteiger partial charge on any atom is -0.341 e. The molecule has 0 unspecified atom stereocenters. The van der Waals surface area contributed by atoms with Gasteiger partial charge in [0.05, 0.1) is 4.90 Å². The van der Waals surface area contributed by atoms with Crippen LogP contribution in [0.4, 0.5) is 0 Å². The highest BCUT2D eigenvalue weighted by Gasteiger charge is 2.27. The molecule has 8 heteroatoms. The second-order valence-electron chi connectivity index (χ2n) is 6.40. The molecule has 148 valence electrons. The Morgan fingerprint density at radius 2 is 1.65 bits per heavy atom. The van der Waals surface area contributed by atoms with Gasteiger partial charge >= 0.3 is 0 Å². The second-order valence-corrected chi connectivity index (χ2v) is 8.34. The Hall–Kier alpha value is -1.15. The summed E-state index contributed by atoms with van der Waals surface area (Å²) in [5.74, 6) is 0.131. The van der Waals surface area contributed by atoms with Gasteiger partial charge in [-0.2, -0.15) is 4.31 Å². The van der Waals surface area contributed by atoms with Gasteiger partial charge in [0.15, 0.2) is 0 Å². The van der Waals surface area contributed by atoms with Crippen molar-refractivity contribution in [3.8, 4) is 0 Å². The molecule has 2 rings (SSSR count). The van der Waals surface area contributed by atoms with Crippen LogP contribution < -0.4 is 5.73 Å². The van der Waals surface area contributed by atoms with Crippen LogP contribution in [0.2, 0.25) is 0 Å². The molecule has 1 heterocycles. The molecule has 2 N–H and O–H groups in total. The summed E-state index contributed by atoms with van der Waals surface area (Å²) in [6.07, 6.45) is 5.17. The number of nitrogens with two attached hydrogens (primary N) is 1. The number of hydrogen-bond donors (Lipinski definition) is 1. The standard InChI is InChI=1S/C18H29N3O3S.ClH/c19-12-7-2-1-6-11-18(22)20-13-8-14-21(16-15-20)25(23,24)17-9-4-3-5-10-17;/h3-5,9-10H,1-2,6-8,11-16,19H2;1H. The van der Waals surface area contributed by atoms with Crippen molar-refractivity contribution >= 4 is 28.3 Å². The number of nitrogens with zero attached hydrogens (tertiary/aromatic N) is 2. The summed E-state index contributed by atoms with van der Waals surface area (Å²) in [6, 6.07) is 8.49. The molecule has 0 aromatic heterocycles. The molecule has 1 fully saturated rings. The summed E-state index contributed by atoms with van der Waals surface area (Å²) in [5.41, 5.74) is 5.47. The number of carbonyl (C=O) groups is 1. The number of carbonyl (C=O) groups excluding carboxylic acids is 1. The predicted molar refractivity (Wildman–Crippen MR) is 106 cm³/mol. The fraction of sp³-hybridized carbons (Fsp3) is 0.611. The first-order valence-electron chi connectivity index (χ1n) is 9.09. The summed E-state index contributed by atoms with van der Waals surface area (Å²) in [6.45, 7) is 2.61. The Kier molecular flexibility index (Phi) is 10.2. The van der Waals surface area contributed by atoms with Crippen molar-refractivity contribution in [2.45, 2.75) is 43.4 Å². The third-order valence-electron chi connectivity index (χ3n) is 4.53. The highest BCUT2D eigenvalue weighted by atomic mass is 35.5. The Morgan fingerprint density at radius 1 is 0.962 bits per heavy atom. The van der Waals surface area contributed by atoms with Gasteiger partial charge in [0.25, 0.3) is 0 Å². The van der Waals surface area contributed by atoms with Crippen LogP contribution in [-0.4, -0.2) is 56.3 Å². The normalized spacial score (nSPS) is 16.0. The molecular formula is C18H30ClN3O3S. The summed E-state index contributed by atoms with van der Waals surface area (Å²) >= 11 is 0. The van der Waals surface area contributed by atoms with Gasteiger partial charge in [0.2, 0.25) is 15.9 Å². The number of rotatable bonds is 8. The number of benzene rings is 1. The maximum atomic E-state index is 12.7. The average Bonchev–Trinajstić information content (AvgIpc) is 2.89. The monoisotopic (exact) mass is 403 g/mol. The molecule has 1 aromatic carbocycles. The molecule has 1 aliphatic heterocycles. The van der Waals surface area contributed by atoms with Crippen molar-refractivity contribution < 1.29 is 13.2 Å². The molecular weight excluding hydrogens is 374 g/mol. The van der Waals surface area contributed by atoms with E-state index in [1.807, 2.05) is 4.90 Å². The third-order valence-corrected chi connectivity index (χ3v) is 6.45. The summed E-state index contributed by atoms with van der Waals surface area (Å²) in [5, 5.41) is 0. The fourth-order valence-electron chi connectivity index (χ4n) is 3.06. The van der Waals surface area contributed by atoms with Crippen molar-refractivity contribution in [1.82, 2.24) is 9.21 Å². The molecule has 26 heavy (non-hydrogen) atoms. The van der Waals surface area contributed by atoms with E-state index in [2.05, 4.69) is 0 Å². The van der Waals surface area contributed by atoms with Crippen molar-refractivity contribution in [3.05, 3.63) is 30.3 Å². The van der Waals surface area contributed by atoms with Crippen LogP contribution >= 0.6 is 12.4 Å². The Bertz CT molecular complexity index is 640. The van der Waals surface area contributed by atoms with Crippen LogP contribution in [0.25, 0.3) is 0 Å². The van der Waals surface area contributed by atoms with E-state index in [1.54, 1.807) is 30.3 Å². The predicted octanol–water partition coefficient (Wildman–Crippen LogP) is 2.24. The van der Waals surface area contributed by atoms with E-state index in [-0.39, 0.29) is 18.3 Å². The van der Waals surface area contributed by atoms with Gasteiger partial charge in [-0.1, -0.05) is 31.0 Å². The van der Waals surface area contributed by atoms with Crippen molar-refractivity contribution in [2.24, 2.45) is 5.73 Å². The van der Waals surface area contributed by atoms with Crippen molar-refractivity contribution in [2.75, 3.05) is 32.7 Å². The maximum absolute atomic E-state index is 12.7. The zero-order valence-electron chi connectivity index (χ0n) is 15.2. The Labute approximate surface area is 163 Å². The first kappa shape index (κ1) is 22.9. The van der Waals surface area contributed by atoms with E-state index in [4.69, 9.17) is 5.73 Å². The van der Waals surface area contributed by atoms with E-state index >= 15 is 0 Å². The maximum Gasteiger partial charge on any atom is 0.243 e. The molecule has 0 saturated carbocycles. The summed E-state index contributed by atoms with van der Waals surface area (Å²) in [4.78, 5) is 14.5. The highest BCUT2D eigenvalue weighted by molar-refractivity contribution is 7.89. The molecule has 6 nitrogen and oxygen atoms in total. The van der Waals surface area contributed by atoms with Gasteiger partial charge in [-0.05, 0) is 37.9 Å². The van der Waals surface area contributed by atoms with Crippen LogP contribution in [0.15, 0.2) is 35.2 Å². The molecule has 0 radical (unpaired) electrons. The lowest BCUT2D eigenvalue weighted by atomic mass is 10.1. The Balaban J connectivity index is 0.00000338. The zero-order valence-corrected chi connectivity index (χ0v) is 16.8. The van der Waals surface area contributed by atoms with Gasteiger partial charge in [0, 0.05) is 32.6 Å². The number of unbranched alkanes of at least 4 members (excludes halogenated alkanes) is 3. The van der Waals surface area contributed by atoms with E-state index in [1.165, 1.54) is 4.31 Å². The zero-order chi connectivity index (χ0) is 18.1. The summed E-state index contributed by atoms with van der Waals surface area (Å²) in [7, 11) is -3.48. The number of halogens is 1. The van der Waals surface area contributed by atoms with E-state index in [0.717, 1.165) is 25.7 Å². The molecule has 0 aliphatic carbocycles. The van der Waals surface area contributed by atoms with Crippen molar-refractivity contribution in [3.63, 3.8) is 0 Å². The lowest BCUT2D eigenvalue weighted by molar-refractivity contribution is -0.131. The van der Waals surface area contributed by atoms with Crippen LogP contribution in [0.3, 0.4) is 0 Å². The van der Waals surface area contributed by atoms with Crippen LogP contribution in [-0.2, 0) is 14.8 Å². The second kappa shape index (κ2) is 11.5. The van der Waals surface area contributed by atoms with Crippen LogP contribution in [0.1, 0.15) is 38.5 Å². The SMILES string of the molecule is Cl.NCCCCCCC(=O)N1CCCN(S(=O)(=O)c2ccccc2)CC1. The average molecular weight is 404 g/mol. The highest BCUT2D eigenvalue weighted by Crippen LogP contribution is 2.18. The molecule has 1 amide bonds. The van der Waals surface area contributed by atoms with Gasteiger partial charge < -0.3 is 10.6 Å². The fourth-order valence-corrected chi connectivity index (χ4v) is 4.55. The number of sulfonamides is 1. The van der Waals surface area contributed by atoms with Crippen LogP contribution in [0, 0.1) is 0 Å². The van der Waals surface area contributed by atoms with E-state index in [9.17, 15) is 13.2 Å². The van der Waals surface area contributed by atoms with Crippen molar-refractivity contribution in [1.29, 1.82) is 0 Å². The molecule has 0 spiro atoms. The van der Waals surface area contributed by atoms with Gasteiger partial charge in [-0.3, -0.25) is 4.79 Å². The quantitative estimate of drug-likeness (QED) is 0.674. The minimum absolute atomic E-state index is 0. The number of hydrogen-bond acceptors (Lipinski definition) is 4. The Morgan fingerprint density at radius 3 is 2.35 bits per heavy atom. The third kappa shape index (κ3) is 6.54. The van der Waals surface area contributed by atoms with E-state index < -0.39 is 10.0 Å². The molecule has 0 bridgehead atoms. The van der Waals surface area contributed by atoms with E-state index in [0.29, 0.717) is 50.5 Å². The van der Waals surface area contributed by atoms with Gasteiger partial charge in [-0.15, -0.1) is 12.4 Å². The minimum atomic E-state index is -3.48. The largest absolute Gasteiger partial charge is 0.341 e. The molecule has 1 aliphatic rings. The van der Waals surface area contributed by atoms with Crippen LogP contribution in [0.5, 0.6) is 0 Å². The number of amides is 1. The molecule has 1 saturated heterocycles.